The Morgan fingerprint density at radius 2 is 1.47 bits per heavy atom. The summed E-state index contributed by atoms with van der Waals surface area (Å²) < 4.78 is 5.34. The standard InChI is InChI=1S/C17H30O2/c1-3-4-14-5-7-15(8-6-14)16-9-11-17(12-10-16)19-13(2)18/h14-17H,3-12H2,1-2H3. The Balaban J connectivity index is 1.69. The molecule has 0 N–H and O–H groups in total. The zero-order valence-electron chi connectivity index (χ0n) is 12.7. The maximum absolute atomic E-state index is 11.0. The van der Waals surface area contributed by atoms with E-state index in [0.717, 1.165) is 30.6 Å². The summed E-state index contributed by atoms with van der Waals surface area (Å²) in [6.45, 7) is 3.84. The predicted molar refractivity (Wildman–Crippen MR) is 77.9 cm³/mol. The van der Waals surface area contributed by atoms with Crippen LogP contribution in [0.2, 0.25) is 0 Å². The summed E-state index contributed by atoms with van der Waals surface area (Å²) in [6.07, 6.45) is 13.6. The van der Waals surface area contributed by atoms with Gasteiger partial charge >= 0.3 is 5.97 Å². The van der Waals surface area contributed by atoms with Gasteiger partial charge < -0.3 is 4.74 Å². The first kappa shape index (κ1) is 14.9. The van der Waals surface area contributed by atoms with Crippen molar-refractivity contribution in [3.63, 3.8) is 0 Å². The monoisotopic (exact) mass is 266 g/mol. The third-order valence-corrected chi connectivity index (χ3v) is 5.31. The van der Waals surface area contributed by atoms with Crippen LogP contribution >= 0.6 is 0 Å². The summed E-state index contributed by atoms with van der Waals surface area (Å²) in [5.74, 6) is 2.78. The van der Waals surface area contributed by atoms with Crippen LogP contribution in [0, 0.1) is 17.8 Å². The van der Waals surface area contributed by atoms with Crippen LogP contribution in [-0.4, -0.2) is 12.1 Å². The molecule has 0 amide bonds. The highest BCUT2D eigenvalue weighted by molar-refractivity contribution is 5.66. The molecule has 0 aliphatic heterocycles. The largest absolute Gasteiger partial charge is 0.463 e. The molecule has 2 aliphatic carbocycles. The Kier molecular flexibility index (Phi) is 5.72. The average molecular weight is 266 g/mol. The fraction of sp³-hybridized carbons (Fsp3) is 0.941. The van der Waals surface area contributed by atoms with E-state index in [0.29, 0.717) is 0 Å². The lowest BCUT2D eigenvalue weighted by molar-refractivity contribution is -0.148. The van der Waals surface area contributed by atoms with E-state index in [9.17, 15) is 4.79 Å². The first-order valence-electron chi connectivity index (χ1n) is 8.36. The molecule has 0 aromatic heterocycles. The zero-order chi connectivity index (χ0) is 13.7. The number of hydrogen-bond acceptors (Lipinski definition) is 2. The van der Waals surface area contributed by atoms with Crippen molar-refractivity contribution in [1.29, 1.82) is 0 Å². The number of ether oxygens (including phenoxy) is 1. The van der Waals surface area contributed by atoms with Gasteiger partial charge in [-0.3, -0.25) is 4.79 Å². The Bertz CT molecular complexity index is 271. The minimum absolute atomic E-state index is 0.108. The van der Waals surface area contributed by atoms with Crippen LogP contribution in [0.25, 0.3) is 0 Å². The van der Waals surface area contributed by atoms with Crippen molar-refractivity contribution < 1.29 is 9.53 Å². The SMILES string of the molecule is CCCC1CCC(C2CCC(OC(C)=O)CC2)CC1. The first-order valence-corrected chi connectivity index (χ1v) is 8.36. The van der Waals surface area contributed by atoms with Crippen LogP contribution in [0.3, 0.4) is 0 Å². The van der Waals surface area contributed by atoms with Crippen LogP contribution in [0.5, 0.6) is 0 Å². The summed E-state index contributed by atoms with van der Waals surface area (Å²) in [6, 6.07) is 0. The van der Waals surface area contributed by atoms with E-state index in [1.165, 1.54) is 58.3 Å². The smallest absolute Gasteiger partial charge is 0.302 e. The van der Waals surface area contributed by atoms with Crippen molar-refractivity contribution in [3.05, 3.63) is 0 Å². The maximum Gasteiger partial charge on any atom is 0.302 e. The van der Waals surface area contributed by atoms with Crippen LogP contribution in [-0.2, 0) is 9.53 Å². The lowest BCUT2D eigenvalue weighted by Gasteiger charge is -2.37. The van der Waals surface area contributed by atoms with Crippen molar-refractivity contribution in [2.75, 3.05) is 0 Å². The van der Waals surface area contributed by atoms with Gasteiger partial charge in [0.1, 0.15) is 6.10 Å². The molecule has 0 bridgehead atoms. The number of carbonyl (C=O) groups is 1. The topological polar surface area (TPSA) is 26.3 Å². The Labute approximate surface area is 118 Å². The van der Waals surface area contributed by atoms with E-state index < -0.39 is 0 Å². The number of hydrogen-bond donors (Lipinski definition) is 0. The molecule has 2 rings (SSSR count). The second-order valence-electron chi connectivity index (χ2n) is 6.72. The first-order chi connectivity index (χ1) is 9.19. The fourth-order valence-corrected chi connectivity index (χ4v) is 4.27. The minimum Gasteiger partial charge on any atom is -0.463 e. The summed E-state index contributed by atoms with van der Waals surface area (Å²) in [7, 11) is 0. The summed E-state index contributed by atoms with van der Waals surface area (Å²) >= 11 is 0. The van der Waals surface area contributed by atoms with Crippen LogP contribution in [0.1, 0.15) is 78.1 Å². The van der Waals surface area contributed by atoms with Crippen molar-refractivity contribution in [3.8, 4) is 0 Å². The van der Waals surface area contributed by atoms with Crippen LogP contribution in [0.4, 0.5) is 0 Å². The molecule has 0 heterocycles. The van der Waals surface area contributed by atoms with Gasteiger partial charge in [0.05, 0.1) is 0 Å². The van der Waals surface area contributed by atoms with Crippen molar-refractivity contribution in [1.82, 2.24) is 0 Å². The fourth-order valence-electron chi connectivity index (χ4n) is 4.27. The zero-order valence-corrected chi connectivity index (χ0v) is 12.7. The van der Waals surface area contributed by atoms with Gasteiger partial charge in [-0.15, -0.1) is 0 Å². The van der Waals surface area contributed by atoms with E-state index in [1.54, 1.807) is 0 Å². The van der Waals surface area contributed by atoms with E-state index in [4.69, 9.17) is 4.74 Å². The summed E-state index contributed by atoms with van der Waals surface area (Å²) in [5.41, 5.74) is 0. The molecule has 2 fully saturated rings. The number of rotatable bonds is 4. The van der Waals surface area contributed by atoms with Crippen molar-refractivity contribution in [2.45, 2.75) is 84.2 Å². The highest BCUT2D eigenvalue weighted by atomic mass is 16.5. The third-order valence-electron chi connectivity index (χ3n) is 5.31. The molecule has 0 saturated heterocycles. The van der Waals surface area contributed by atoms with Crippen molar-refractivity contribution in [2.24, 2.45) is 17.8 Å². The van der Waals surface area contributed by atoms with Gasteiger partial charge in [0.2, 0.25) is 0 Å². The lowest BCUT2D eigenvalue weighted by Crippen LogP contribution is -2.29. The van der Waals surface area contributed by atoms with Crippen molar-refractivity contribution >= 4 is 5.97 Å². The molecule has 19 heavy (non-hydrogen) atoms. The second kappa shape index (κ2) is 7.31. The van der Waals surface area contributed by atoms with Crippen LogP contribution < -0.4 is 0 Å². The van der Waals surface area contributed by atoms with Gasteiger partial charge in [0.25, 0.3) is 0 Å². The summed E-state index contributed by atoms with van der Waals surface area (Å²) in [5, 5.41) is 0. The van der Waals surface area contributed by atoms with Gasteiger partial charge in [-0.2, -0.15) is 0 Å². The van der Waals surface area contributed by atoms with Gasteiger partial charge in [0.15, 0.2) is 0 Å². The highest BCUT2D eigenvalue weighted by Gasteiger charge is 2.31. The van der Waals surface area contributed by atoms with E-state index >= 15 is 0 Å². The molecule has 2 nitrogen and oxygen atoms in total. The predicted octanol–water partition coefficient (Wildman–Crippen LogP) is 4.71. The van der Waals surface area contributed by atoms with E-state index in [2.05, 4.69) is 6.92 Å². The molecule has 2 aliphatic rings. The van der Waals surface area contributed by atoms with Gasteiger partial charge in [-0.1, -0.05) is 32.6 Å². The molecule has 2 heteroatoms. The molecule has 110 valence electrons. The Morgan fingerprint density at radius 1 is 0.947 bits per heavy atom. The van der Waals surface area contributed by atoms with E-state index in [1.807, 2.05) is 0 Å². The minimum atomic E-state index is -0.108. The van der Waals surface area contributed by atoms with Gasteiger partial charge in [-0.05, 0) is 56.3 Å². The highest BCUT2D eigenvalue weighted by Crippen LogP contribution is 2.41. The Hall–Kier alpha value is -0.530. The molecule has 0 aromatic carbocycles. The molecule has 2 saturated carbocycles. The maximum atomic E-state index is 11.0. The number of esters is 1. The molecule has 0 atom stereocenters. The molecule has 0 spiro atoms. The lowest BCUT2D eigenvalue weighted by atomic mass is 9.70. The quantitative estimate of drug-likeness (QED) is 0.688. The van der Waals surface area contributed by atoms with Gasteiger partial charge in [-0.25, -0.2) is 0 Å². The van der Waals surface area contributed by atoms with Crippen LogP contribution in [0.15, 0.2) is 0 Å². The second-order valence-corrected chi connectivity index (χ2v) is 6.72. The Morgan fingerprint density at radius 3 is 1.95 bits per heavy atom. The molecule has 0 unspecified atom stereocenters. The molecular formula is C17H30O2. The molecular weight excluding hydrogens is 236 g/mol. The molecule has 0 radical (unpaired) electrons. The number of carbonyl (C=O) groups excluding carboxylic acids is 1. The normalized spacial score (nSPS) is 35.9. The average Bonchev–Trinajstić information content (AvgIpc) is 2.40. The summed E-state index contributed by atoms with van der Waals surface area (Å²) in [4.78, 5) is 11.0. The van der Waals surface area contributed by atoms with E-state index in [-0.39, 0.29) is 12.1 Å². The van der Waals surface area contributed by atoms with Gasteiger partial charge in [0, 0.05) is 6.92 Å². The third kappa shape index (κ3) is 4.50. The molecule has 0 aromatic rings.